The van der Waals surface area contributed by atoms with E-state index in [1.165, 1.54) is 12.8 Å². The Balaban J connectivity index is 2.02. The van der Waals surface area contributed by atoms with Crippen LogP contribution in [0.4, 0.5) is 0 Å². The zero-order valence-electron chi connectivity index (χ0n) is 12.1. The monoisotopic (exact) mass is 275 g/mol. The Morgan fingerprint density at radius 1 is 1.40 bits per heavy atom. The number of hydrogen-bond acceptors (Lipinski definition) is 3. The summed E-state index contributed by atoms with van der Waals surface area (Å²) in [4.78, 5) is 17.5. The Hall–Kier alpha value is -1.75. The molecular formula is C15H21N3O2. The van der Waals surface area contributed by atoms with Crippen LogP contribution in [0.2, 0.25) is 0 Å². The van der Waals surface area contributed by atoms with E-state index in [1.54, 1.807) is 7.11 Å². The largest absolute Gasteiger partial charge is 0.494 e. The van der Waals surface area contributed by atoms with Gasteiger partial charge in [-0.2, -0.15) is 0 Å². The number of imidazole rings is 1. The summed E-state index contributed by atoms with van der Waals surface area (Å²) in [6, 6.07) is 6.14. The molecule has 0 amide bonds. The average Bonchev–Trinajstić information content (AvgIpc) is 2.77. The Bertz CT molecular complexity index is 659. The number of aromatic nitrogens is 2. The molecule has 0 aliphatic carbocycles. The van der Waals surface area contributed by atoms with E-state index in [9.17, 15) is 4.79 Å². The van der Waals surface area contributed by atoms with Crippen molar-refractivity contribution in [2.24, 2.45) is 0 Å². The van der Waals surface area contributed by atoms with Crippen LogP contribution in [0.25, 0.3) is 11.0 Å². The van der Waals surface area contributed by atoms with Gasteiger partial charge in [0.1, 0.15) is 11.3 Å². The molecule has 0 bridgehead atoms. The van der Waals surface area contributed by atoms with Crippen molar-refractivity contribution >= 4 is 11.0 Å². The zero-order valence-corrected chi connectivity index (χ0v) is 12.1. The number of nitrogens with one attached hydrogen (secondary N) is 1. The van der Waals surface area contributed by atoms with Gasteiger partial charge >= 0.3 is 5.69 Å². The summed E-state index contributed by atoms with van der Waals surface area (Å²) in [6.45, 7) is 1.83. The van der Waals surface area contributed by atoms with Gasteiger partial charge in [0.15, 0.2) is 0 Å². The lowest BCUT2D eigenvalue weighted by atomic mass is 10.0. The van der Waals surface area contributed by atoms with E-state index < -0.39 is 0 Å². The van der Waals surface area contributed by atoms with Crippen molar-refractivity contribution in [3.8, 4) is 5.75 Å². The number of methoxy groups -OCH3 is 1. The average molecular weight is 275 g/mol. The summed E-state index contributed by atoms with van der Waals surface area (Å²) in [6.07, 6.45) is 3.63. The summed E-state index contributed by atoms with van der Waals surface area (Å²) in [5, 5.41) is 0. The number of likely N-dealkylation sites (N-methyl/N-ethyl adjacent to an activating group) is 1. The van der Waals surface area contributed by atoms with Crippen molar-refractivity contribution in [3.05, 3.63) is 28.7 Å². The summed E-state index contributed by atoms with van der Waals surface area (Å²) >= 11 is 0. The maximum absolute atomic E-state index is 12.2. The van der Waals surface area contributed by atoms with E-state index in [2.05, 4.69) is 16.9 Å². The molecule has 3 rings (SSSR count). The highest BCUT2D eigenvalue weighted by Gasteiger charge is 2.22. The number of benzene rings is 1. The lowest BCUT2D eigenvalue weighted by Gasteiger charge is -2.32. The number of rotatable bonds is 3. The van der Waals surface area contributed by atoms with Crippen LogP contribution in [-0.2, 0) is 6.54 Å². The SMILES string of the molecule is COc1cccc2[nH]c(=O)n(CC3CCCCN3C)c12. The van der Waals surface area contributed by atoms with Gasteiger partial charge in [-0.15, -0.1) is 0 Å². The number of nitrogens with zero attached hydrogens (tertiary/aromatic N) is 2. The minimum Gasteiger partial charge on any atom is -0.494 e. The van der Waals surface area contributed by atoms with Gasteiger partial charge in [0.25, 0.3) is 0 Å². The number of para-hydroxylation sites is 1. The molecule has 0 radical (unpaired) electrons. The molecule has 20 heavy (non-hydrogen) atoms. The van der Waals surface area contributed by atoms with Crippen LogP contribution in [0.3, 0.4) is 0 Å². The third-order valence-corrected chi connectivity index (χ3v) is 4.29. The number of hydrogen-bond donors (Lipinski definition) is 1. The van der Waals surface area contributed by atoms with Crippen molar-refractivity contribution in [2.45, 2.75) is 31.8 Å². The van der Waals surface area contributed by atoms with Crippen LogP contribution >= 0.6 is 0 Å². The minimum absolute atomic E-state index is 0.0523. The molecule has 5 nitrogen and oxygen atoms in total. The Morgan fingerprint density at radius 2 is 2.25 bits per heavy atom. The Labute approximate surface area is 118 Å². The standard InChI is InChI=1S/C15H21N3O2/c1-17-9-4-3-6-11(17)10-18-14-12(16-15(18)19)7-5-8-13(14)20-2/h5,7-8,11H,3-4,6,9-10H2,1-2H3,(H,16,19). The molecule has 0 spiro atoms. The second-order valence-corrected chi connectivity index (χ2v) is 5.53. The van der Waals surface area contributed by atoms with Crippen molar-refractivity contribution in [1.29, 1.82) is 0 Å². The first kappa shape index (κ1) is 13.2. The van der Waals surface area contributed by atoms with Crippen LogP contribution in [-0.4, -0.2) is 41.2 Å². The topological polar surface area (TPSA) is 50.3 Å². The maximum atomic E-state index is 12.2. The number of piperidine rings is 1. The first-order valence-electron chi connectivity index (χ1n) is 7.16. The van der Waals surface area contributed by atoms with E-state index in [1.807, 2.05) is 22.8 Å². The van der Waals surface area contributed by atoms with E-state index in [-0.39, 0.29) is 5.69 Å². The van der Waals surface area contributed by atoms with Gasteiger partial charge in [-0.1, -0.05) is 12.5 Å². The lowest BCUT2D eigenvalue weighted by Crippen LogP contribution is -2.40. The first-order valence-corrected chi connectivity index (χ1v) is 7.16. The molecule has 1 saturated heterocycles. The number of fused-ring (bicyclic) bond motifs is 1. The highest BCUT2D eigenvalue weighted by Crippen LogP contribution is 2.24. The molecule has 0 saturated carbocycles. The van der Waals surface area contributed by atoms with Crippen LogP contribution in [0, 0.1) is 0 Å². The van der Waals surface area contributed by atoms with Crippen LogP contribution < -0.4 is 10.4 Å². The molecule has 108 valence electrons. The van der Waals surface area contributed by atoms with Crippen molar-refractivity contribution in [1.82, 2.24) is 14.5 Å². The molecule has 1 N–H and O–H groups in total. The van der Waals surface area contributed by atoms with Crippen LogP contribution in [0.5, 0.6) is 5.75 Å². The summed E-state index contributed by atoms with van der Waals surface area (Å²) in [5.74, 6) is 0.749. The van der Waals surface area contributed by atoms with E-state index in [0.29, 0.717) is 6.04 Å². The van der Waals surface area contributed by atoms with Gasteiger partial charge in [0, 0.05) is 12.6 Å². The molecule has 1 fully saturated rings. The van der Waals surface area contributed by atoms with Crippen molar-refractivity contribution in [2.75, 3.05) is 20.7 Å². The third kappa shape index (κ3) is 2.22. The van der Waals surface area contributed by atoms with E-state index >= 15 is 0 Å². The second kappa shape index (κ2) is 5.32. The van der Waals surface area contributed by atoms with Crippen molar-refractivity contribution < 1.29 is 4.74 Å². The Morgan fingerprint density at radius 3 is 3.00 bits per heavy atom. The zero-order chi connectivity index (χ0) is 14.1. The molecule has 1 aromatic carbocycles. The van der Waals surface area contributed by atoms with Gasteiger partial charge in [-0.05, 0) is 38.6 Å². The van der Waals surface area contributed by atoms with Crippen LogP contribution in [0.1, 0.15) is 19.3 Å². The summed E-state index contributed by atoms with van der Waals surface area (Å²) in [7, 11) is 3.78. The van der Waals surface area contributed by atoms with Gasteiger partial charge < -0.3 is 14.6 Å². The molecule has 1 unspecified atom stereocenters. The maximum Gasteiger partial charge on any atom is 0.326 e. The smallest absolute Gasteiger partial charge is 0.326 e. The second-order valence-electron chi connectivity index (χ2n) is 5.53. The van der Waals surface area contributed by atoms with Crippen LogP contribution in [0.15, 0.2) is 23.0 Å². The predicted octanol–water partition coefficient (Wildman–Crippen LogP) is 1.82. The number of H-pyrrole nitrogens is 1. The van der Waals surface area contributed by atoms with Crippen molar-refractivity contribution in [3.63, 3.8) is 0 Å². The molecular weight excluding hydrogens is 254 g/mol. The molecule has 2 aromatic rings. The molecule has 2 heterocycles. The quantitative estimate of drug-likeness (QED) is 0.929. The fourth-order valence-electron chi connectivity index (χ4n) is 3.11. The molecule has 1 atom stereocenters. The highest BCUT2D eigenvalue weighted by atomic mass is 16.5. The molecule has 1 aliphatic heterocycles. The first-order chi connectivity index (χ1) is 9.70. The van der Waals surface area contributed by atoms with Gasteiger partial charge in [-0.3, -0.25) is 4.57 Å². The Kier molecular flexibility index (Phi) is 3.53. The molecule has 1 aromatic heterocycles. The fourth-order valence-corrected chi connectivity index (χ4v) is 3.11. The normalized spacial score (nSPS) is 20.4. The summed E-state index contributed by atoms with van der Waals surface area (Å²) in [5.41, 5.74) is 1.66. The molecule has 1 aliphatic rings. The summed E-state index contributed by atoms with van der Waals surface area (Å²) < 4.78 is 7.22. The van der Waals surface area contributed by atoms with E-state index in [0.717, 1.165) is 36.3 Å². The van der Waals surface area contributed by atoms with Gasteiger partial charge in [0.2, 0.25) is 0 Å². The lowest BCUT2D eigenvalue weighted by molar-refractivity contribution is 0.167. The fraction of sp³-hybridized carbons (Fsp3) is 0.533. The number of aromatic amines is 1. The van der Waals surface area contributed by atoms with Gasteiger partial charge in [-0.25, -0.2) is 4.79 Å². The van der Waals surface area contributed by atoms with E-state index in [4.69, 9.17) is 4.74 Å². The van der Waals surface area contributed by atoms with Gasteiger partial charge in [0.05, 0.1) is 12.6 Å². The highest BCUT2D eigenvalue weighted by molar-refractivity contribution is 5.82. The molecule has 5 heteroatoms. The minimum atomic E-state index is -0.0523. The number of likely N-dealkylation sites (tertiary alicyclic amines) is 1. The number of ether oxygens (including phenoxy) is 1. The predicted molar refractivity (Wildman–Crippen MR) is 79.4 cm³/mol. The third-order valence-electron chi connectivity index (χ3n) is 4.29.